The van der Waals surface area contributed by atoms with E-state index in [9.17, 15) is 9.90 Å². The van der Waals surface area contributed by atoms with Crippen molar-refractivity contribution in [2.45, 2.75) is 32.0 Å². The quantitative estimate of drug-likeness (QED) is 0.428. The summed E-state index contributed by atoms with van der Waals surface area (Å²) in [5.41, 5.74) is 2.71. The van der Waals surface area contributed by atoms with E-state index in [0.717, 1.165) is 36.7 Å². The van der Waals surface area contributed by atoms with Gasteiger partial charge in [-0.2, -0.15) is 0 Å². The van der Waals surface area contributed by atoms with Gasteiger partial charge in [-0.15, -0.1) is 10.2 Å². The molecule has 0 saturated carbocycles. The summed E-state index contributed by atoms with van der Waals surface area (Å²) >= 11 is 0. The molecule has 1 saturated heterocycles. The fourth-order valence-corrected chi connectivity index (χ4v) is 4.45. The number of piperidine rings is 1. The summed E-state index contributed by atoms with van der Waals surface area (Å²) < 4.78 is 1.84. The Balaban J connectivity index is 1.48. The first-order valence-electron chi connectivity index (χ1n) is 11.0. The Morgan fingerprint density at radius 1 is 1.03 bits per heavy atom. The summed E-state index contributed by atoms with van der Waals surface area (Å²) in [6, 6.07) is 15.1. The monoisotopic (exact) mass is 440 g/mol. The second-order valence-corrected chi connectivity index (χ2v) is 8.11. The van der Waals surface area contributed by atoms with Gasteiger partial charge in [0.15, 0.2) is 5.69 Å². The molecule has 1 fully saturated rings. The molecule has 5 rings (SSSR count). The minimum absolute atomic E-state index is 0.00186. The molecule has 1 N–H and O–H groups in total. The van der Waals surface area contributed by atoms with Crippen LogP contribution in [0, 0.1) is 0 Å². The van der Waals surface area contributed by atoms with Crippen LogP contribution in [0.5, 0.6) is 5.88 Å². The maximum absolute atomic E-state index is 12.4. The molecule has 3 aromatic heterocycles. The normalized spacial score (nSPS) is 17.0. The molecule has 0 spiro atoms. The Labute approximate surface area is 191 Å². The number of aromatic nitrogens is 3. The Hall–Kier alpha value is -3.91. The van der Waals surface area contributed by atoms with E-state index in [4.69, 9.17) is 0 Å². The summed E-state index contributed by atoms with van der Waals surface area (Å²) in [4.78, 5) is 23.0. The van der Waals surface area contributed by atoms with Crippen molar-refractivity contribution in [3.63, 3.8) is 0 Å². The van der Waals surface area contributed by atoms with Crippen LogP contribution < -0.4 is 0 Å². The standard InChI is InChI=1S/C25H24N6O2/c32-24(18-10-13-26-14-11-18)29-28-23-20-7-1-2-9-22(20)31(25(23)33)17-30-15-4-3-8-21(30)19-6-5-12-27-16-19/h1-2,5-7,9-14,16,21,33H,3-4,8,15,17H2/t21-/m0/s1. The van der Waals surface area contributed by atoms with Crippen molar-refractivity contribution in [1.82, 2.24) is 19.4 Å². The van der Waals surface area contributed by atoms with Gasteiger partial charge in [-0.1, -0.05) is 30.7 Å². The highest BCUT2D eigenvalue weighted by Gasteiger charge is 2.26. The van der Waals surface area contributed by atoms with Gasteiger partial charge in [0.25, 0.3) is 5.91 Å². The first-order chi connectivity index (χ1) is 16.2. The van der Waals surface area contributed by atoms with Crippen LogP contribution in [0.2, 0.25) is 0 Å². The Bertz CT molecular complexity index is 1290. The Morgan fingerprint density at radius 2 is 1.88 bits per heavy atom. The smallest absolute Gasteiger partial charge is 0.295 e. The Morgan fingerprint density at radius 3 is 2.70 bits per heavy atom. The van der Waals surface area contributed by atoms with Crippen molar-refractivity contribution >= 4 is 22.5 Å². The zero-order valence-electron chi connectivity index (χ0n) is 18.1. The Kier molecular flexibility index (Phi) is 5.91. The van der Waals surface area contributed by atoms with Crippen LogP contribution in [0.25, 0.3) is 10.9 Å². The van der Waals surface area contributed by atoms with Crippen molar-refractivity contribution < 1.29 is 9.90 Å². The predicted octanol–water partition coefficient (Wildman–Crippen LogP) is 5.25. The molecule has 166 valence electrons. The van der Waals surface area contributed by atoms with E-state index in [1.165, 1.54) is 18.0 Å². The van der Waals surface area contributed by atoms with Crippen LogP contribution in [-0.2, 0) is 6.67 Å². The SMILES string of the molecule is O=C(N=Nc1c(O)n(CN2CCCC[C@H]2c2cccnc2)c2ccccc12)c1ccncc1. The number of hydrogen-bond donors (Lipinski definition) is 1. The van der Waals surface area contributed by atoms with Crippen molar-refractivity contribution in [2.24, 2.45) is 10.2 Å². The molecule has 0 radical (unpaired) electrons. The molecule has 4 aromatic rings. The van der Waals surface area contributed by atoms with Crippen molar-refractivity contribution in [3.05, 3.63) is 84.4 Å². The second-order valence-electron chi connectivity index (χ2n) is 8.11. The van der Waals surface area contributed by atoms with Gasteiger partial charge in [-0.25, -0.2) is 0 Å². The zero-order valence-corrected chi connectivity index (χ0v) is 18.1. The van der Waals surface area contributed by atoms with Gasteiger partial charge in [0.1, 0.15) is 0 Å². The van der Waals surface area contributed by atoms with Gasteiger partial charge in [0.2, 0.25) is 5.88 Å². The number of amides is 1. The van der Waals surface area contributed by atoms with Crippen LogP contribution in [-0.4, -0.2) is 37.0 Å². The number of pyridine rings is 2. The molecule has 1 aromatic carbocycles. The molecular formula is C25H24N6O2. The van der Waals surface area contributed by atoms with Crippen LogP contribution in [0.15, 0.2) is 83.5 Å². The van der Waals surface area contributed by atoms with Crippen LogP contribution in [0.3, 0.4) is 0 Å². The molecule has 0 bridgehead atoms. The lowest BCUT2D eigenvalue weighted by atomic mass is 9.97. The van der Waals surface area contributed by atoms with Gasteiger partial charge in [0, 0.05) is 48.3 Å². The lowest BCUT2D eigenvalue weighted by Gasteiger charge is -2.36. The van der Waals surface area contributed by atoms with Gasteiger partial charge >= 0.3 is 0 Å². The first-order valence-corrected chi connectivity index (χ1v) is 11.0. The number of para-hydroxylation sites is 1. The molecule has 8 heteroatoms. The summed E-state index contributed by atoms with van der Waals surface area (Å²) in [7, 11) is 0. The zero-order chi connectivity index (χ0) is 22.6. The van der Waals surface area contributed by atoms with E-state index in [-0.39, 0.29) is 11.9 Å². The number of rotatable bonds is 5. The van der Waals surface area contributed by atoms with Gasteiger partial charge in [-0.05, 0) is 42.7 Å². The highest BCUT2D eigenvalue weighted by Crippen LogP contribution is 2.40. The molecule has 0 unspecified atom stereocenters. The van der Waals surface area contributed by atoms with Crippen molar-refractivity contribution in [2.75, 3.05) is 6.54 Å². The van der Waals surface area contributed by atoms with Crippen LogP contribution in [0.4, 0.5) is 5.69 Å². The van der Waals surface area contributed by atoms with E-state index in [1.807, 2.05) is 41.1 Å². The van der Waals surface area contributed by atoms with E-state index < -0.39 is 5.91 Å². The predicted molar refractivity (Wildman–Crippen MR) is 124 cm³/mol. The molecule has 4 heterocycles. The topological polar surface area (TPSA) is 96.0 Å². The van der Waals surface area contributed by atoms with Crippen LogP contribution >= 0.6 is 0 Å². The third-order valence-electron chi connectivity index (χ3n) is 6.09. The molecule has 8 nitrogen and oxygen atoms in total. The summed E-state index contributed by atoms with van der Waals surface area (Å²) in [5.74, 6) is -0.487. The molecular weight excluding hydrogens is 416 g/mol. The lowest BCUT2D eigenvalue weighted by Crippen LogP contribution is -2.34. The molecule has 1 aliphatic heterocycles. The number of aromatic hydroxyl groups is 1. The van der Waals surface area contributed by atoms with Crippen molar-refractivity contribution in [1.29, 1.82) is 0 Å². The van der Waals surface area contributed by atoms with E-state index in [2.05, 4.69) is 31.2 Å². The third kappa shape index (κ3) is 4.25. The first kappa shape index (κ1) is 21.0. The highest BCUT2D eigenvalue weighted by atomic mass is 16.3. The number of hydrogen-bond acceptors (Lipinski definition) is 6. The largest absolute Gasteiger partial charge is 0.493 e. The third-order valence-corrected chi connectivity index (χ3v) is 6.09. The summed E-state index contributed by atoms with van der Waals surface area (Å²) in [5, 5.41) is 19.9. The lowest BCUT2D eigenvalue weighted by molar-refractivity contribution is 0.0995. The fourth-order valence-electron chi connectivity index (χ4n) is 4.45. The number of benzene rings is 1. The maximum atomic E-state index is 12.4. The fraction of sp³-hybridized carbons (Fsp3) is 0.240. The second kappa shape index (κ2) is 9.30. The number of carbonyl (C=O) groups is 1. The number of likely N-dealkylation sites (tertiary alicyclic amines) is 1. The summed E-state index contributed by atoms with van der Waals surface area (Å²) in [6.45, 7) is 1.42. The number of azo groups is 1. The number of nitrogens with zero attached hydrogens (tertiary/aromatic N) is 6. The molecule has 33 heavy (non-hydrogen) atoms. The minimum atomic E-state index is -0.485. The molecule has 0 aliphatic carbocycles. The summed E-state index contributed by atoms with van der Waals surface area (Å²) in [6.07, 6.45) is 10.1. The average molecular weight is 441 g/mol. The molecule has 1 atom stereocenters. The number of fused-ring (bicyclic) bond motifs is 1. The van der Waals surface area contributed by atoms with Gasteiger partial charge in [0.05, 0.1) is 12.2 Å². The van der Waals surface area contributed by atoms with E-state index in [0.29, 0.717) is 17.9 Å². The maximum Gasteiger partial charge on any atom is 0.295 e. The van der Waals surface area contributed by atoms with E-state index in [1.54, 1.807) is 18.3 Å². The molecule has 1 amide bonds. The average Bonchev–Trinajstić information content (AvgIpc) is 3.14. The van der Waals surface area contributed by atoms with Crippen LogP contribution in [0.1, 0.15) is 41.2 Å². The minimum Gasteiger partial charge on any atom is -0.493 e. The van der Waals surface area contributed by atoms with E-state index >= 15 is 0 Å². The van der Waals surface area contributed by atoms with Gasteiger partial charge in [-0.3, -0.25) is 24.2 Å². The highest BCUT2D eigenvalue weighted by molar-refractivity contribution is 5.97. The molecule has 1 aliphatic rings. The number of carbonyl (C=O) groups excluding carboxylic acids is 1. The van der Waals surface area contributed by atoms with Crippen molar-refractivity contribution in [3.8, 4) is 5.88 Å². The van der Waals surface area contributed by atoms with Gasteiger partial charge < -0.3 is 5.11 Å².